The molecule has 0 unspecified atom stereocenters. The van der Waals surface area contributed by atoms with Gasteiger partial charge in [0.25, 0.3) is 0 Å². The van der Waals surface area contributed by atoms with Crippen molar-refractivity contribution in [2.75, 3.05) is 0 Å². The number of carbonyl (C=O) groups excluding carboxylic acids is 4. The minimum absolute atomic E-state index is 0.0521. The van der Waals surface area contributed by atoms with Crippen LogP contribution >= 0.6 is 15.9 Å². The van der Waals surface area contributed by atoms with Crippen molar-refractivity contribution in [3.8, 4) is 0 Å². The van der Waals surface area contributed by atoms with Gasteiger partial charge in [-0.1, -0.05) is 80.4 Å². The van der Waals surface area contributed by atoms with E-state index in [1.54, 1.807) is 13.8 Å². The fraction of sp³-hybridized carbons (Fsp3) is 0.438. The molecule has 3 aromatic rings. The molecule has 10 nitrogen and oxygen atoms in total. The van der Waals surface area contributed by atoms with E-state index >= 15 is 0 Å². The van der Waals surface area contributed by atoms with Crippen molar-refractivity contribution in [3.05, 3.63) is 69.8 Å². The first-order valence-electron chi connectivity index (χ1n) is 14.6. The number of rotatable bonds is 11. The van der Waals surface area contributed by atoms with Crippen molar-refractivity contribution in [3.63, 3.8) is 0 Å². The quantitative estimate of drug-likeness (QED) is 0.209. The van der Waals surface area contributed by atoms with Gasteiger partial charge in [0.2, 0.25) is 17.7 Å². The van der Waals surface area contributed by atoms with Gasteiger partial charge in [-0.2, -0.15) is 0 Å². The minimum Gasteiger partial charge on any atom is -0.445 e. The molecule has 4 atom stereocenters. The molecule has 0 saturated heterocycles. The smallest absolute Gasteiger partial charge is 0.408 e. The Hall–Kier alpha value is -3.86. The molecule has 1 heterocycles. The van der Waals surface area contributed by atoms with E-state index in [9.17, 15) is 19.2 Å². The van der Waals surface area contributed by atoms with Crippen LogP contribution in [0.5, 0.6) is 0 Å². The van der Waals surface area contributed by atoms with Gasteiger partial charge in [-0.25, -0.2) is 4.79 Å². The molecular weight excluding hydrogens is 614 g/mol. The van der Waals surface area contributed by atoms with E-state index in [4.69, 9.17) is 10.5 Å². The normalized spacial score (nSPS) is 18.3. The van der Waals surface area contributed by atoms with E-state index in [1.807, 2.05) is 62.4 Å². The molecule has 0 bridgehead atoms. The monoisotopic (exact) mass is 653 g/mol. The van der Waals surface area contributed by atoms with Crippen molar-refractivity contribution in [2.45, 2.75) is 77.6 Å². The Labute approximate surface area is 260 Å². The number of nitrogens with one attached hydrogen (secondary N) is 4. The summed E-state index contributed by atoms with van der Waals surface area (Å²) >= 11 is 3.53. The lowest BCUT2D eigenvalue weighted by Crippen LogP contribution is -2.67. The van der Waals surface area contributed by atoms with Gasteiger partial charge in [-0.05, 0) is 54.0 Å². The van der Waals surface area contributed by atoms with Gasteiger partial charge in [-0.15, -0.1) is 0 Å². The summed E-state index contributed by atoms with van der Waals surface area (Å²) in [7, 11) is 0. The number of amides is 4. The van der Waals surface area contributed by atoms with E-state index in [-0.39, 0.29) is 31.3 Å². The molecule has 6 N–H and O–H groups in total. The van der Waals surface area contributed by atoms with E-state index in [0.29, 0.717) is 12.8 Å². The van der Waals surface area contributed by atoms with Crippen LogP contribution in [0.15, 0.2) is 53.0 Å². The third-order valence-corrected chi connectivity index (χ3v) is 8.77. The number of hydrogen-bond donors (Lipinski definition) is 5. The second-order valence-electron chi connectivity index (χ2n) is 11.7. The molecule has 0 saturated carbocycles. The highest BCUT2D eigenvalue weighted by Crippen LogP contribution is 2.36. The highest BCUT2D eigenvalue weighted by molar-refractivity contribution is 9.10. The van der Waals surface area contributed by atoms with Crippen LogP contribution in [0, 0.1) is 11.8 Å². The lowest BCUT2D eigenvalue weighted by Gasteiger charge is -2.39. The van der Waals surface area contributed by atoms with Crippen LogP contribution in [0.3, 0.4) is 0 Å². The highest BCUT2D eigenvalue weighted by atomic mass is 79.9. The van der Waals surface area contributed by atoms with Crippen LogP contribution in [-0.4, -0.2) is 46.4 Å². The van der Waals surface area contributed by atoms with Crippen LogP contribution in [0.25, 0.3) is 10.9 Å². The van der Waals surface area contributed by atoms with Gasteiger partial charge < -0.3 is 31.4 Å². The third-order valence-electron chi connectivity index (χ3n) is 8.28. The number of aromatic nitrogens is 1. The van der Waals surface area contributed by atoms with Crippen LogP contribution in [0.1, 0.15) is 57.4 Å². The second kappa shape index (κ2) is 13.6. The SMILES string of the molecule is CC[C@H](C)[C@H](NC(=O)OCc1ccccc1)C(=O)N[C@]1(C(=O)N[C@H](C(N)=O)C(C)C)CCc2[nH]c3ccc(Br)cc3c2C1. The van der Waals surface area contributed by atoms with E-state index in [2.05, 4.69) is 36.9 Å². The Morgan fingerprint density at radius 2 is 1.77 bits per heavy atom. The number of primary amides is 1. The number of nitrogens with two attached hydrogens (primary N) is 1. The first kappa shape index (κ1) is 32.1. The molecule has 1 aliphatic carbocycles. The van der Waals surface area contributed by atoms with Crippen LogP contribution in [0.2, 0.25) is 0 Å². The summed E-state index contributed by atoms with van der Waals surface area (Å²) in [5.41, 5.74) is 7.87. The average Bonchev–Trinajstić information content (AvgIpc) is 3.33. The number of H-pyrrole nitrogens is 1. The first-order chi connectivity index (χ1) is 20.4. The molecular formula is C32H40BrN5O5. The molecule has 1 aromatic heterocycles. The van der Waals surface area contributed by atoms with Gasteiger partial charge in [0.15, 0.2) is 0 Å². The molecule has 230 valence electrons. The van der Waals surface area contributed by atoms with Gasteiger partial charge in [-0.3, -0.25) is 14.4 Å². The molecule has 0 spiro atoms. The van der Waals surface area contributed by atoms with Crippen LogP contribution < -0.4 is 21.7 Å². The maximum absolute atomic E-state index is 14.1. The van der Waals surface area contributed by atoms with E-state index < -0.39 is 41.4 Å². The molecule has 1 aliphatic rings. The number of aromatic amines is 1. The van der Waals surface area contributed by atoms with Gasteiger partial charge in [0.1, 0.15) is 24.2 Å². The number of fused-ring (bicyclic) bond motifs is 3. The second-order valence-corrected chi connectivity index (χ2v) is 12.6. The summed E-state index contributed by atoms with van der Waals surface area (Å²) in [6, 6.07) is 13.2. The lowest BCUT2D eigenvalue weighted by atomic mass is 9.78. The largest absolute Gasteiger partial charge is 0.445 e. The summed E-state index contributed by atoms with van der Waals surface area (Å²) in [6.45, 7) is 7.41. The number of halogens is 1. The Bertz CT molecular complexity index is 1490. The van der Waals surface area contributed by atoms with Crippen LogP contribution in [-0.2, 0) is 38.6 Å². The molecule has 0 fully saturated rings. The summed E-state index contributed by atoms with van der Waals surface area (Å²) < 4.78 is 6.28. The molecule has 2 aromatic carbocycles. The number of hydrogen-bond acceptors (Lipinski definition) is 5. The van der Waals surface area contributed by atoms with Gasteiger partial charge in [0, 0.05) is 27.5 Å². The number of aryl methyl sites for hydroxylation is 1. The number of alkyl carbamates (subject to hydrolysis) is 1. The van der Waals surface area contributed by atoms with Crippen LogP contribution in [0.4, 0.5) is 4.79 Å². The maximum Gasteiger partial charge on any atom is 0.408 e. The first-order valence-corrected chi connectivity index (χ1v) is 15.4. The number of benzene rings is 2. The maximum atomic E-state index is 14.1. The van der Waals surface area contributed by atoms with E-state index in [1.165, 1.54) is 0 Å². The molecule has 0 aliphatic heterocycles. The lowest BCUT2D eigenvalue weighted by molar-refractivity contribution is -0.137. The predicted octanol–water partition coefficient (Wildman–Crippen LogP) is 4.24. The van der Waals surface area contributed by atoms with Crippen molar-refractivity contribution < 1.29 is 23.9 Å². The highest BCUT2D eigenvalue weighted by Gasteiger charge is 2.46. The summed E-state index contributed by atoms with van der Waals surface area (Å²) in [6.07, 6.45) is 0.808. The van der Waals surface area contributed by atoms with Crippen molar-refractivity contribution in [1.29, 1.82) is 0 Å². The summed E-state index contributed by atoms with van der Waals surface area (Å²) in [4.78, 5) is 56.5. The van der Waals surface area contributed by atoms with E-state index in [0.717, 1.165) is 32.2 Å². The minimum atomic E-state index is -1.40. The zero-order valence-corrected chi connectivity index (χ0v) is 26.5. The van der Waals surface area contributed by atoms with Gasteiger partial charge >= 0.3 is 6.09 Å². The summed E-state index contributed by atoms with van der Waals surface area (Å²) in [5.74, 6) is -2.18. The zero-order chi connectivity index (χ0) is 31.3. The Morgan fingerprint density at radius 3 is 2.42 bits per heavy atom. The standard InChI is InChI=1S/C32H40BrN5O5/c1-5-19(4)27(37-31(42)43-17-20-9-7-6-8-10-20)29(40)38-32(30(41)36-26(18(2)3)28(34)39)14-13-25-23(16-32)22-15-21(33)11-12-24(22)35-25/h6-12,15,18-19,26-27,35H,5,13-14,16-17H2,1-4H3,(H2,34,39)(H,36,41)(H,37,42)(H,38,40)/t19-,26-,27-,32+/m0/s1. The topological polar surface area (TPSA) is 155 Å². The fourth-order valence-corrected chi connectivity index (χ4v) is 5.89. The van der Waals surface area contributed by atoms with Crippen molar-refractivity contribution in [2.24, 2.45) is 17.6 Å². The Balaban J connectivity index is 1.63. The molecule has 11 heteroatoms. The number of carbonyl (C=O) groups is 4. The third kappa shape index (κ3) is 7.38. The molecule has 43 heavy (non-hydrogen) atoms. The number of ether oxygens (including phenoxy) is 1. The summed E-state index contributed by atoms with van der Waals surface area (Å²) in [5, 5.41) is 9.49. The van der Waals surface area contributed by atoms with Gasteiger partial charge in [0.05, 0.1) is 0 Å². The molecule has 4 amide bonds. The predicted molar refractivity (Wildman–Crippen MR) is 168 cm³/mol. The fourth-order valence-electron chi connectivity index (χ4n) is 5.53. The zero-order valence-electron chi connectivity index (χ0n) is 25.0. The molecule has 4 rings (SSSR count). The Morgan fingerprint density at radius 1 is 1.05 bits per heavy atom. The molecule has 0 radical (unpaired) electrons. The Kier molecular flexibility index (Phi) is 10.2. The van der Waals surface area contributed by atoms with Crippen molar-refractivity contribution in [1.82, 2.24) is 20.9 Å². The van der Waals surface area contributed by atoms with Crippen molar-refractivity contribution >= 4 is 50.6 Å². The average molecular weight is 655 g/mol.